The van der Waals surface area contributed by atoms with Crippen molar-refractivity contribution in [1.82, 2.24) is 0 Å². The van der Waals surface area contributed by atoms with E-state index in [4.69, 9.17) is 21.1 Å². The fraction of sp³-hybridized carbons (Fsp3) is 0.400. The van der Waals surface area contributed by atoms with Crippen LogP contribution in [-0.2, 0) is 0 Å². The van der Waals surface area contributed by atoms with Crippen molar-refractivity contribution in [3.63, 3.8) is 0 Å². The Kier molecular flexibility index (Phi) is 3.61. The van der Waals surface area contributed by atoms with Crippen molar-refractivity contribution in [2.75, 3.05) is 14.2 Å². The molecule has 3 nitrogen and oxygen atoms in total. The van der Waals surface area contributed by atoms with E-state index in [2.05, 4.69) is 0 Å². The van der Waals surface area contributed by atoms with Crippen molar-refractivity contribution in [2.24, 2.45) is 0 Å². The first-order valence-corrected chi connectivity index (χ1v) is 4.57. The smallest absolute Gasteiger partial charge is 0.179 e. The largest absolute Gasteiger partial charge is 0.493 e. The molecule has 0 fully saturated rings. The van der Waals surface area contributed by atoms with Crippen molar-refractivity contribution < 1.29 is 14.6 Å². The van der Waals surface area contributed by atoms with Crippen molar-refractivity contribution in [3.8, 4) is 11.5 Å². The summed E-state index contributed by atoms with van der Waals surface area (Å²) in [5, 5.41) is 9.81. The van der Waals surface area contributed by atoms with E-state index in [0.29, 0.717) is 22.1 Å². The average molecular weight is 217 g/mol. The predicted octanol–water partition coefficient (Wildman–Crippen LogP) is 2.41. The number of ether oxygens (including phenoxy) is 2. The van der Waals surface area contributed by atoms with Gasteiger partial charge in [0.1, 0.15) is 0 Å². The summed E-state index contributed by atoms with van der Waals surface area (Å²) < 4.78 is 10.2. The molecule has 0 bridgehead atoms. The summed E-state index contributed by atoms with van der Waals surface area (Å²) in [4.78, 5) is 0. The summed E-state index contributed by atoms with van der Waals surface area (Å²) in [7, 11) is 3.05. The number of aliphatic hydroxyl groups is 1. The minimum Gasteiger partial charge on any atom is -0.493 e. The molecule has 0 heterocycles. The lowest BCUT2D eigenvalue weighted by Gasteiger charge is -2.12. The van der Waals surface area contributed by atoms with Gasteiger partial charge in [0.05, 0.1) is 25.3 Å². The van der Waals surface area contributed by atoms with Crippen LogP contribution in [0.3, 0.4) is 0 Å². The van der Waals surface area contributed by atoms with Crippen LogP contribution < -0.4 is 9.47 Å². The van der Waals surface area contributed by atoms with Gasteiger partial charge < -0.3 is 14.6 Å². The SMILES string of the molecule is COc1cc(C(C)O)cc(Cl)c1OC. The molecule has 4 heteroatoms. The number of hydrogen-bond acceptors (Lipinski definition) is 3. The summed E-state index contributed by atoms with van der Waals surface area (Å²) in [5.74, 6) is 1.01. The third kappa shape index (κ3) is 2.11. The molecule has 0 amide bonds. The maximum atomic E-state index is 9.38. The molecule has 1 rings (SSSR count). The van der Waals surface area contributed by atoms with Gasteiger partial charge in [-0.05, 0) is 24.6 Å². The molecular formula is C10H13ClO3. The number of methoxy groups -OCH3 is 2. The van der Waals surface area contributed by atoms with Gasteiger partial charge in [-0.25, -0.2) is 0 Å². The number of benzene rings is 1. The maximum absolute atomic E-state index is 9.38. The zero-order valence-electron chi connectivity index (χ0n) is 8.37. The average Bonchev–Trinajstić information content (AvgIpc) is 2.16. The summed E-state index contributed by atoms with van der Waals surface area (Å²) in [6.07, 6.45) is -0.577. The monoisotopic (exact) mass is 216 g/mol. The molecule has 0 saturated heterocycles. The lowest BCUT2D eigenvalue weighted by molar-refractivity contribution is 0.198. The first-order chi connectivity index (χ1) is 6.60. The summed E-state index contributed by atoms with van der Waals surface area (Å²) in [6.45, 7) is 1.66. The third-order valence-corrected chi connectivity index (χ3v) is 2.22. The van der Waals surface area contributed by atoms with E-state index in [1.54, 1.807) is 19.1 Å². The van der Waals surface area contributed by atoms with Gasteiger partial charge >= 0.3 is 0 Å². The van der Waals surface area contributed by atoms with Crippen LogP contribution in [0.5, 0.6) is 11.5 Å². The molecule has 1 N–H and O–H groups in total. The predicted molar refractivity (Wildman–Crippen MR) is 55.2 cm³/mol. The van der Waals surface area contributed by atoms with E-state index >= 15 is 0 Å². The van der Waals surface area contributed by atoms with Gasteiger partial charge in [0.2, 0.25) is 0 Å². The van der Waals surface area contributed by atoms with Crippen molar-refractivity contribution in [2.45, 2.75) is 13.0 Å². The van der Waals surface area contributed by atoms with Gasteiger partial charge in [0, 0.05) is 0 Å². The molecule has 1 atom stereocenters. The lowest BCUT2D eigenvalue weighted by atomic mass is 10.1. The van der Waals surface area contributed by atoms with E-state index in [1.807, 2.05) is 0 Å². The van der Waals surface area contributed by atoms with Crippen LogP contribution in [0.15, 0.2) is 12.1 Å². The summed E-state index contributed by atoms with van der Waals surface area (Å²) in [5.41, 5.74) is 0.702. The van der Waals surface area contributed by atoms with Gasteiger partial charge in [0.25, 0.3) is 0 Å². The van der Waals surface area contributed by atoms with Crippen LogP contribution in [0, 0.1) is 0 Å². The molecule has 0 radical (unpaired) electrons. The molecule has 78 valence electrons. The summed E-state index contributed by atoms with van der Waals surface area (Å²) >= 11 is 5.94. The highest BCUT2D eigenvalue weighted by Crippen LogP contribution is 2.37. The van der Waals surface area contributed by atoms with E-state index in [0.717, 1.165) is 0 Å². The Labute approximate surface area is 88.2 Å². The quantitative estimate of drug-likeness (QED) is 0.844. The first kappa shape index (κ1) is 11.1. The number of hydrogen-bond donors (Lipinski definition) is 1. The number of halogens is 1. The highest BCUT2D eigenvalue weighted by atomic mass is 35.5. The molecule has 0 aliphatic rings. The molecule has 0 aliphatic carbocycles. The van der Waals surface area contributed by atoms with Crippen molar-refractivity contribution in [3.05, 3.63) is 22.7 Å². The number of rotatable bonds is 3. The van der Waals surface area contributed by atoms with Gasteiger partial charge in [-0.2, -0.15) is 0 Å². The Morgan fingerprint density at radius 1 is 1.29 bits per heavy atom. The molecule has 1 unspecified atom stereocenters. The normalized spacial score (nSPS) is 12.4. The molecule has 0 saturated carbocycles. The van der Waals surface area contributed by atoms with Crippen LogP contribution in [-0.4, -0.2) is 19.3 Å². The fourth-order valence-electron chi connectivity index (χ4n) is 1.18. The number of aliphatic hydroxyl groups excluding tert-OH is 1. The molecule has 0 aliphatic heterocycles. The molecule has 0 aromatic heterocycles. The standard InChI is InChI=1S/C10H13ClO3/c1-6(12)7-4-8(11)10(14-3)9(5-7)13-2/h4-6,12H,1-3H3. The summed E-state index contributed by atoms with van der Waals surface area (Å²) in [6, 6.07) is 3.36. The van der Waals surface area contributed by atoms with Gasteiger partial charge in [-0.3, -0.25) is 0 Å². The van der Waals surface area contributed by atoms with Crippen LogP contribution >= 0.6 is 11.6 Å². The molecule has 1 aromatic rings. The maximum Gasteiger partial charge on any atom is 0.179 e. The minimum absolute atomic E-state index is 0.433. The van der Waals surface area contributed by atoms with E-state index in [-0.39, 0.29) is 0 Å². The van der Waals surface area contributed by atoms with Crippen molar-refractivity contribution >= 4 is 11.6 Å². The second-order valence-corrected chi connectivity index (χ2v) is 3.32. The van der Waals surface area contributed by atoms with Crippen LogP contribution in [0.2, 0.25) is 5.02 Å². The van der Waals surface area contributed by atoms with E-state index in [1.165, 1.54) is 14.2 Å². The molecule has 1 aromatic carbocycles. The Morgan fingerprint density at radius 3 is 2.36 bits per heavy atom. The molecule has 14 heavy (non-hydrogen) atoms. The highest BCUT2D eigenvalue weighted by Gasteiger charge is 2.12. The second-order valence-electron chi connectivity index (χ2n) is 2.91. The molecular weight excluding hydrogens is 204 g/mol. The highest BCUT2D eigenvalue weighted by molar-refractivity contribution is 6.32. The lowest BCUT2D eigenvalue weighted by Crippen LogP contribution is -1.96. The van der Waals surface area contributed by atoms with Gasteiger partial charge in [0.15, 0.2) is 11.5 Å². The third-order valence-electron chi connectivity index (χ3n) is 1.94. The van der Waals surface area contributed by atoms with Gasteiger partial charge in [-0.1, -0.05) is 11.6 Å². The van der Waals surface area contributed by atoms with Crippen LogP contribution in [0.25, 0.3) is 0 Å². The second kappa shape index (κ2) is 4.53. The Hall–Kier alpha value is -0.930. The van der Waals surface area contributed by atoms with Crippen molar-refractivity contribution in [1.29, 1.82) is 0 Å². The Balaban J connectivity index is 3.24. The fourth-order valence-corrected chi connectivity index (χ4v) is 1.48. The van der Waals surface area contributed by atoms with E-state index < -0.39 is 6.10 Å². The Bertz CT molecular complexity index is 323. The minimum atomic E-state index is -0.577. The van der Waals surface area contributed by atoms with E-state index in [9.17, 15) is 5.11 Å². The zero-order chi connectivity index (χ0) is 10.7. The van der Waals surface area contributed by atoms with Gasteiger partial charge in [-0.15, -0.1) is 0 Å². The van der Waals surface area contributed by atoms with Crippen LogP contribution in [0.1, 0.15) is 18.6 Å². The topological polar surface area (TPSA) is 38.7 Å². The Morgan fingerprint density at radius 2 is 1.93 bits per heavy atom. The first-order valence-electron chi connectivity index (χ1n) is 4.19. The molecule has 0 spiro atoms. The van der Waals surface area contributed by atoms with Crippen LogP contribution in [0.4, 0.5) is 0 Å². The zero-order valence-corrected chi connectivity index (χ0v) is 9.13.